The maximum Gasteiger partial charge on any atom is 0.418 e. The monoisotopic (exact) mass is 226 g/mol. The third-order valence-corrected chi connectivity index (χ3v) is 2.39. The van der Waals surface area contributed by atoms with Gasteiger partial charge in [0.05, 0.1) is 16.8 Å². The van der Waals surface area contributed by atoms with Gasteiger partial charge in [-0.25, -0.2) is 4.68 Å². The highest BCUT2D eigenvalue weighted by Crippen LogP contribution is 2.35. The van der Waals surface area contributed by atoms with Gasteiger partial charge in [-0.3, -0.25) is 0 Å². The zero-order chi connectivity index (χ0) is 11.9. The number of para-hydroxylation sites is 1. The van der Waals surface area contributed by atoms with Crippen molar-refractivity contribution in [2.45, 2.75) is 13.1 Å². The Morgan fingerprint density at radius 1 is 1.38 bits per heavy atom. The van der Waals surface area contributed by atoms with E-state index in [9.17, 15) is 13.2 Å². The van der Waals surface area contributed by atoms with Crippen molar-refractivity contribution < 1.29 is 13.2 Å². The number of hydrogen-bond donors (Lipinski definition) is 0. The molecular weight excluding hydrogens is 217 g/mol. The van der Waals surface area contributed by atoms with Crippen molar-refractivity contribution in [3.63, 3.8) is 0 Å². The second-order valence-electron chi connectivity index (χ2n) is 3.41. The van der Waals surface area contributed by atoms with Gasteiger partial charge in [-0.15, -0.1) is 0 Å². The molecule has 84 valence electrons. The lowest BCUT2D eigenvalue weighted by Crippen LogP contribution is -2.07. The first-order chi connectivity index (χ1) is 7.45. The summed E-state index contributed by atoms with van der Waals surface area (Å²) in [6, 6.07) is 4.05. The quantitative estimate of drug-likeness (QED) is 0.728. The van der Waals surface area contributed by atoms with Crippen LogP contribution in [0.25, 0.3) is 17.1 Å². The number of alkyl halides is 3. The van der Waals surface area contributed by atoms with Gasteiger partial charge in [-0.2, -0.15) is 18.3 Å². The third kappa shape index (κ3) is 1.48. The van der Waals surface area contributed by atoms with Gasteiger partial charge >= 0.3 is 6.18 Å². The highest BCUT2D eigenvalue weighted by Gasteiger charge is 2.34. The number of nitrogens with zero attached hydrogens (tertiary/aromatic N) is 2. The molecule has 0 aliphatic carbocycles. The number of aromatic nitrogens is 2. The SMILES string of the molecule is C=Cn1nc(C)c2cccc(C(F)(F)F)c21. The molecule has 0 N–H and O–H groups in total. The Hall–Kier alpha value is -1.78. The highest BCUT2D eigenvalue weighted by atomic mass is 19.4. The first-order valence-electron chi connectivity index (χ1n) is 4.62. The summed E-state index contributed by atoms with van der Waals surface area (Å²) in [6.45, 7) is 5.12. The standard InChI is InChI=1S/C11H9F3N2/c1-3-16-10-8(7(2)15-16)5-4-6-9(10)11(12,13)14/h3-6H,1H2,2H3. The van der Waals surface area contributed by atoms with E-state index in [1.807, 2.05) is 0 Å². The Labute approximate surface area is 90.0 Å². The fraction of sp³-hybridized carbons (Fsp3) is 0.182. The lowest BCUT2D eigenvalue weighted by atomic mass is 10.1. The van der Waals surface area contributed by atoms with Gasteiger partial charge < -0.3 is 0 Å². The second kappa shape index (κ2) is 3.37. The number of aryl methyl sites for hydroxylation is 1. The molecule has 2 aromatic rings. The molecule has 0 spiro atoms. The number of fused-ring (bicyclic) bond motifs is 1. The lowest BCUT2D eigenvalue weighted by molar-refractivity contribution is -0.136. The summed E-state index contributed by atoms with van der Waals surface area (Å²) < 4.78 is 39.5. The van der Waals surface area contributed by atoms with Crippen molar-refractivity contribution >= 4 is 17.1 Å². The second-order valence-corrected chi connectivity index (χ2v) is 3.41. The van der Waals surface area contributed by atoms with Crippen LogP contribution >= 0.6 is 0 Å². The van der Waals surface area contributed by atoms with E-state index in [1.54, 1.807) is 13.0 Å². The molecule has 0 unspecified atom stereocenters. The molecular formula is C11H9F3N2. The smallest absolute Gasteiger partial charge is 0.240 e. The van der Waals surface area contributed by atoms with E-state index in [1.165, 1.54) is 12.3 Å². The Kier molecular flexibility index (Phi) is 2.26. The van der Waals surface area contributed by atoms with Crippen molar-refractivity contribution in [2.24, 2.45) is 0 Å². The summed E-state index contributed by atoms with van der Waals surface area (Å²) in [5, 5.41) is 4.48. The van der Waals surface area contributed by atoms with Crippen LogP contribution in [-0.2, 0) is 6.18 Å². The van der Waals surface area contributed by atoms with Crippen molar-refractivity contribution in [2.75, 3.05) is 0 Å². The molecule has 0 fully saturated rings. The average Bonchev–Trinajstić information content (AvgIpc) is 2.54. The molecule has 0 saturated carbocycles. The van der Waals surface area contributed by atoms with Crippen LogP contribution < -0.4 is 0 Å². The van der Waals surface area contributed by atoms with Gasteiger partial charge in [0.15, 0.2) is 0 Å². The van der Waals surface area contributed by atoms with E-state index in [-0.39, 0.29) is 5.52 Å². The fourth-order valence-corrected chi connectivity index (χ4v) is 1.71. The van der Waals surface area contributed by atoms with E-state index in [4.69, 9.17) is 0 Å². The van der Waals surface area contributed by atoms with Crippen molar-refractivity contribution in [3.8, 4) is 0 Å². The van der Waals surface area contributed by atoms with Gasteiger partial charge in [0, 0.05) is 11.6 Å². The predicted molar refractivity (Wildman–Crippen MR) is 55.9 cm³/mol. The Bertz CT molecular complexity index is 552. The van der Waals surface area contributed by atoms with Gasteiger partial charge in [-0.05, 0) is 13.0 Å². The van der Waals surface area contributed by atoms with Gasteiger partial charge in [-0.1, -0.05) is 18.7 Å². The van der Waals surface area contributed by atoms with E-state index in [0.29, 0.717) is 11.1 Å². The minimum Gasteiger partial charge on any atom is -0.240 e. The minimum absolute atomic E-state index is 0.0579. The summed E-state index contributed by atoms with van der Waals surface area (Å²) in [4.78, 5) is 0. The number of halogens is 3. The lowest BCUT2D eigenvalue weighted by Gasteiger charge is -2.08. The summed E-state index contributed by atoms with van der Waals surface area (Å²) in [6.07, 6.45) is -3.11. The van der Waals surface area contributed by atoms with Crippen LogP contribution in [0.15, 0.2) is 24.8 Å². The largest absolute Gasteiger partial charge is 0.418 e. The number of benzene rings is 1. The molecule has 1 heterocycles. The van der Waals surface area contributed by atoms with Gasteiger partial charge in [0.25, 0.3) is 0 Å². The maximum absolute atomic E-state index is 12.8. The number of hydrogen-bond acceptors (Lipinski definition) is 1. The molecule has 2 rings (SSSR count). The van der Waals surface area contributed by atoms with Crippen molar-refractivity contribution in [3.05, 3.63) is 36.0 Å². The summed E-state index contributed by atoms with van der Waals surface area (Å²) >= 11 is 0. The fourth-order valence-electron chi connectivity index (χ4n) is 1.71. The zero-order valence-electron chi connectivity index (χ0n) is 8.54. The topological polar surface area (TPSA) is 17.8 Å². The molecule has 16 heavy (non-hydrogen) atoms. The minimum atomic E-state index is -4.38. The van der Waals surface area contributed by atoms with E-state index < -0.39 is 11.7 Å². The molecule has 2 nitrogen and oxygen atoms in total. The molecule has 1 aromatic heterocycles. The molecule has 0 bridgehead atoms. The third-order valence-electron chi connectivity index (χ3n) is 2.39. The number of rotatable bonds is 1. The summed E-state index contributed by atoms with van der Waals surface area (Å²) in [5.74, 6) is 0. The average molecular weight is 226 g/mol. The Morgan fingerprint density at radius 3 is 2.62 bits per heavy atom. The van der Waals surface area contributed by atoms with Crippen LogP contribution in [-0.4, -0.2) is 9.78 Å². The molecule has 0 aliphatic rings. The van der Waals surface area contributed by atoms with E-state index in [0.717, 1.165) is 10.7 Å². The van der Waals surface area contributed by atoms with Crippen LogP contribution in [0.2, 0.25) is 0 Å². The summed E-state index contributed by atoms with van der Waals surface area (Å²) in [7, 11) is 0. The molecule has 1 aromatic carbocycles. The van der Waals surface area contributed by atoms with Crippen LogP contribution in [0.4, 0.5) is 13.2 Å². The van der Waals surface area contributed by atoms with Crippen molar-refractivity contribution in [1.29, 1.82) is 0 Å². The van der Waals surface area contributed by atoms with Gasteiger partial charge in [0.1, 0.15) is 0 Å². The van der Waals surface area contributed by atoms with Gasteiger partial charge in [0.2, 0.25) is 0 Å². The first kappa shape index (κ1) is 10.7. The van der Waals surface area contributed by atoms with Crippen molar-refractivity contribution in [1.82, 2.24) is 9.78 Å². The zero-order valence-corrected chi connectivity index (χ0v) is 8.54. The molecule has 5 heteroatoms. The summed E-state index contributed by atoms with van der Waals surface area (Å²) in [5.41, 5.74) is -0.0750. The predicted octanol–water partition coefficient (Wildman–Crippen LogP) is 3.46. The van der Waals surface area contributed by atoms with Crippen LogP contribution in [0.1, 0.15) is 11.3 Å². The molecule has 0 amide bonds. The Morgan fingerprint density at radius 2 is 2.06 bits per heavy atom. The van der Waals surface area contributed by atoms with E-state index >= 15 is 0 Å². The van der Waals surface area contributed by atoms with E-state index in [2.05, 4.69) is 11.7 Å². The molecule has 0 atom stereocenters. The normalized spacial score (nSPS) is 12.0. The molecule has 0 saturated heterocycles. The molecule has 0 aliphatic heterocycles. The Balaban J connectivity index is 2.90. The maximum atomic E-state index is 12.8. The van der Waals surface area contributed by atoms with Crippen LogP contribution in [0.3, 0.4) is 0 Å². The first-order valence-corrected chi connectivity index (χ1v) is 4.62. The highest BCUT2D eigenvalue weighted by molar-refractivity contribution is 5.86. The van der Waals surface area contributed by atoms with Crippen LogP contribution in [0.5, 0.6) is 0 Å². The molecule has 0 radical (unpaired) electrons. The van der Waals surface area contributed by atoms with Crippen LogP contribution in [0, 0.1) is 6.92 Å².